The van der Waals surface area contributed by atoms with Crippen molar-refractivity contribution in [1.82, 2.24) is 19.4 Å². The summed E-state index contributed by atoms with van der Waals surface area (Å²) in [6.45, 7) is 1.07. The monoisotopic (exact) mass is 611 g/mol. The third-order valence-corrected chi connectivity index (χ3v) is 8.45. The number of halogens is 1. The minimum atomic E-state index is -1.26. The van der Waals surface area contributed by atoms with Crippen molar-refractivity contribution in [2.75, 3.05) is 39.0 Å². The van der Waals surface area contributed by atoms with Gasteiger partial charge in [-0.15, -0.1) is 0 Å². The first-order valence-electron chi connectivity index (χ1n) is 14.0. The van der Waals surface area contributed by atoms with Gasteiger partial charge >= 0.3 is 6.09 Å². The van der Waals surface area contributed by atoms with Crippen LogP contribution in [0.25, 0.3) is 0 Å². The number of ether oxygens (including phenoxy) is 2. The van der Waals surface area contributed by atoms with Gasteiger partial charge in [0.25, 0.3) is 5.56 Å². The molecule has 2 fully saturated rings. The van der Waals surface area contributed by atoms with Crippen LogP contribution in [0.15, 0.2) is 59.7 Å². The zero-order valence-corrected chi connectivity index (χ0v) is 24.4. The molecule has 3 aromatic rings. The number of benzene rings is 2. The Morgan fingerprint density at radius 3 is 2.47 bits per heavy atom. The van der Waals surface area contributed by atoms with Gasteiger partial charge in [0.05, 0.1) is 19.3 Å². The van der Waals surface area contributed by atoms with Crippen molar-refractivity contribution in [3.05, 3.63) is 75.8 Å². The van der Waals surface area contributed by atoms with Crippen molar-refractivity contribution in [2.45, 2.75) is 37.3 Å². The first kappa shape index (κ1) is 30.2. The van der Waals surface area contributed by atoms with Gasteiger partial charge in [-0.1, -0.05) is 41.9 Å². The molecule has 0 radical (unpaired) electrons. The van der Waals surface area contributed by atoms with E-state index in [9.17, 15) is 24.6 Å². The molecule has 228 valence electrons. The molecule has 2 atom stereocenters. The largest absolute Gasteiger partial charge is 0.497 e. The standard InChI is InChI=1S/C30H34ClN5O7/c1-42-21-13-20(31)14-22(15-21)43-26-25(32)28(38)36(18-33-26)17-30(41)8-11-34(12-9-30)27(37)23-7-10-35(29(39)40)16-24(23)19-5-3-2-4-6-19/h2-6,13-15,18,23-24,41H,7-12,16-17,32H2,1H3,(H,39,40)/t23-,24+/m1/s1. The molecule has 2 aliphatic heterocycles. The van der Waals surface area contributed by atoms with Crippen LogP contribution in [0.1, 0.15) is 30.7 Å². The summed E-state index contributed by atoms with van der Waals surface area (Å²) in [7, 11) is 1.49. The van der Waals surface area contributed by atoms with E-state index in [-0.39, 0.29) is 61.8 Å². The van der Waals surface area contributed by atoms with Crippen LogP contribution in [-0.2, 0) is 11.3 Å². The van der Waals surface area contributed by atoms with Gasteiger partial charge in [-0.3, -0.25) is 14.2 Å². The number of hydrogen-bond donors (Lipinski definition) is 3. The first-order chi connectivity index (χ1) is 20.6. The number of aromatic nitrogens is 2. The van der Waals surface area contributed by atoms with Crippen LogP contribution in [0.2, 0.25) is 5.02 Å². The maximum absolute atomic E-state index is 13.7. The summed E-state index contributed by atoms with van der Waals surface area (Å²) in [5.74, 6) is -0.0335. The third kappa shape index (κ3) is 6.70. The highest BCUT2D eigenvalue weighted by Gasteiger charge is 2.41. The number of carbonyl (C=O) groups is 2. The molecule has 0 bridgehead atoms. The average Bonchev–Trinajstić information content (AvgIpc) is 3.00. The molecule has 2 saturated heterocycles. The molecule has 0 unspecified atom stereocenters. The average molecular weight is 612 g/mol. The number of amides is 2. The normalized spacial score (nSPS) is 20.0. The Balaban J connectivity index is 1.24. The van der Waals surface area contributed by atoms with E-state index in [1.165, 1.54) is 29.0 Å². The summed E-state index contributed by atoms with van der Waals surface area (Å²) in [6, 6.07) is 14.2. The molecule has 4 N–H and O–H groups in total. The molecule has 43 heavy (non-hydrogen) atoms. The number of methoxy groups -OCH3 is 1. The SMILES string of the molecule is COc1cc(Cl)cc(Oc2ncn(CC3(O)CCN(C(=O)[C@@H]4CCN(C(=O)O)C[C@H]4c4ccccc4)CC3)c(=O)c2N)c1. The number of nitrogens with two attached hydrogens (primary N) is 1. The van der Waals surface area contributed by atoms with Crippen molar-refractivity contribution < 1.29 is 29.3 Å². The van der Waals surface area contributed by atoms with Gasteiger partial charge in [0, 0.05) is 49.1 Å². The van der Waals surface area contributed by atoms with Crippen LogP contribution in [0, 0.1) is 5.92 Å². The predicted molar refractivity (Wildman–Crippen MR) is 159 cm³/mol. The fourth-order valence-corrected chi connectivity index (χ4v) is 6.04. The lowest BCUT2D eigenvalue weighted by molar-refractivity contribution is -0.142. The number of carbonyl (C=O) groups excluding carboxylic acids is 1. The molecule has 2 aromatic carbocycles. The highest BCUT2D eigenvalue weighted by Crippen LogP contribution is 2.36. The number of anilines is 1. The van der Waals surface area contributed by atoms with Crippen molar-refractivity contribution in [3.8, 4) is 17.4 Å². The van der Waals surface area contributed by atoms with Gasteiger partial charge in [-0.05, 0) is 37.0 Å². The Kier molecular flexibility index (Phi) is 8.79. The summed E-state index contributed by atoms with van der Waals surface area (Å²) >= 11 is 6.09. The second-order valence-electron chi connectivity index (χ2n) is 11.0. The summed E-state index contributed by atoms with van der Waals surface area (Å²) in [6.07, 6.45) is 1.18. The molecule has 0 spiro atoms. The second kappa shape index (κ2) is 12.5. The lowest BCUT2D eigenvalue weighted by Crippen LogP contribution is -2.53. The highest BCUT2D eigenvalue weighted by atomic mass is 35.5. The van der Waals surface area contributed by atoms with E-state index in [1.807, 2.05) is 30.3 Å². The van der Waals surface area contributed by atoms with E-state index in [2.05, 4.69) is 4.98 Å². The fraction of sp³-hybridized carbons (Fsp3) is 0.400. The molecular weight excluding hydrogens is 578 g/mol. The number of nitrogen functional groups attached to an aromatic ring is 1. The molecular formula is C30H34ClN5O7. The van der Waals surface area contributed by atoms with Crippen LogP contribution in [-0.4, -0.2) is 80.5 Å². The van der Waals surface area contributed by atoms with Crippen molar-refractivity contribution in [2.24, 2.45) is 5.92 Å². The molecule has 3 heterocycles. The summed E-state index contributed by atoms with van der Waals surface area (Å²) in [5, 5.41) is 21.3. The highest BCUT2D eigenvalue weighted by molar-refractivity contribution is 6.30. The second-order valence-corrected chi connectivity index (χ2v) is 11.5. The van der Waals surface area contributed by atoms with E-state index in [0.717, 1.165) is 5.56 Å². The lowest BCUT2D eigenvalue weighted by atomic mass is 9.79. The molecule has 5 rings (SSSR count). The minimum Gasteiger partial charge on any atom is -0.497 e. The van der Waals surface area contributed by atoms with E-state index in [4.69, 9.17) is 26.8 Å². The van der Waals surface area contributed by atoms with Crippen LogP contribution in [0.4, 0.5) is 10.5 Å². The Bertz CT molecular complexity index is 1540. The van der Waals surface area contributed by atoms with Gasteiger partial charge in [-0.25, -0.2) is 9.78 Å². The van der Waals surface area contributed by atoms with Crippen molar-refractivity contribution in [3.63, 3.8) is 0 Å². The van der Waals surface area contributed by atoms with Gasteiger partial charge in [0.2, 0.25) is 11.8 Å². The Labute approximate surface area is 253 Å². The molecule has 2 aliphatic rings. The molecule has 0 saturated carbocycles. The number of piperidine rings is 2. The maximum atomic E-state index is 13.7. The topological polar surface area (TPSA) is 160 Å². The van der Waals surface area contributed by atoms with Gasteiger partial charge in [0.1, 0.15) is 17.8 Å². The minimum absolute atomic E-state index is 0.0526. The molecule has 2 amide bonds. The Hall–Kier alpha value is -4.29. The summed E-state index contributed by atoms with van der Waals surface area (Å²) < 4.78 is 12.1. The van der Waals surface area contributed by atoms with Gasteiger partial charge in [-0.2, -0.15) is 0 Å². The summed E-state index contributed by atoms with van der Waals surface area (Å²) in [4.78, 5) is 45.7. The van der Waals surface area contributed by atoms with Crippen LogP contribution >= 0.6 is 11.6 Å². The van der Waals surface area contributed by atoms with Crippen molar-refractivity contribution in [1.29, 1.82) is 0 Å². The molecule has 12 nitrogen and oxygen atoms in total. The summed E-state index contributed by atoms with van der Waals surface area (Å²) in [5.41, 5.74) is 4.93. The number of nitrogens with zero attached hydrogens (tertiary/aromatic N) is 4. The molecule has 1 aromatic heterocycles. The smallest absolute Gasteiger partial charge is 0.407 e. The van der Waals surface area contributed by atoms with E-state index in [0.29, 0.717) is 36.0 Å². The number of aliphatic hydroxyl groups is 1. The molecule has 0 aliphatic carbocycles. The Morgan fingerprint density at radius 2 is 1.79 bits per heavy atom. The number of hydrogen-bond acceptors (Lipinski definition) is 8. The van der Waals surface area contributed by atoms with Crippen LogP contribution in [0.5, 0.6) is 17.4 Å². The Morgan fingerprint density at radius 1 is 1.09 bits per heavy atom. The maximum Gasteiger partial charge on any atom is 0.407 e. The van der Waals surface area contributed by atoms with E-state index < -0.39 is 17.3 Å². The fourth-order valence-electron chi connectivity index (χ4n) is 5.82. The first-order valence-corrected chi connectivity index (χ1v) is 14.4. The molecule has 13 heteroatoms. The zero-order chi connectivity index (χ0) is 30.7. The van der Waals surface area contributed by atoms with Crippen LogP contribution in [0.3, 0.4) is 0 Å². The number of carboxylic acid groups (broad SMARTS) is 1. The van der Waals surface area contributed by atoms with Crippen molar-refractivity contribution >= 4 is 29.3 Å². The van der Waals surface area contributed by atoms with E-state index in [1.54, 1.807) is 17.0 Å². The van der Waals surface area contributed by atoms with Gasteiger partial charge in [0.15, 0.2) is 5.69 Å². The zero-order valence-electron chi connectivity index (χ0n) is 23.7. The third-order valence-electron chi connectivity index (χ3n) is 8.23. The van der Waals surface area contributed by atoms with E-state index >= 15 is 0 Å². The predicted octanol–water partition coefficient (Wildman–Crippen LogP) is 3.42. The lowest BCUT2D eigenvalue weighted by Gasteiger charge is -2.42. The van der Waals surface area contributed by atoms with Gasteiger partial charge < -0.3 is 35.2 Å². The number of rotatable bonds is 7. The quantitative estimate of drug-likeness (QED) is 0.364. The van der Waals surface area contributed by atoms with Crippen LogP contribution < -0.4 is 20.8 Å². The number of likely N-dealkylation sites (tertiary alicyclic amines) is 2.